The van der Waals surface area contributed by atoms with Gasteiger partial charge in [0, 0.05) is 27.1 Å². The Hall–Kier alpha value is -1.26. The van der Waals surface area contributed by atoms with Crippen molar-refractivity contribution >= 4 is 11.7 Å². The van der Waals surface area contributed by atoms with E-state index in [0.717, 1.165) is 0 Å². The minimum absolute atomic E-state index is 0.0254. The van der Waals surface area contributed by atoms with Crippen LogP contribution in [0.25, 0.3) is 0 Å². The molecule has 22 heavy (non-hydrogen) atoms. The first-order chi connectivity index (χ1) is 10.1. The fourth-order valence-electron chi connectivity index (χ4n) is 2.84. The van der Waals surface area contributed by atoms with Gasteiger partial charge in [-0.1, -0.05) is 5.16 Å². The summed E-state index contributed by atoms with van der Waals surface area (Å²) in [6.07, 6.45) is -2.32. The summed E-state index contributed by atoms with van der Waals surface area (Å²) < 4.78 is 22.3. The SMILES string of the molecule is CO[C@@]1(C)O[C@@H]2/C(=N/O)C[C@@](O)(C(=O)O)C[C@H]2O[C@]1(C)OC. The Labute approximate surface area is 127 Å². The molecule has 0 unspecified atom stereocenters. The summed E-state index contributed by atoms with van der Waals surface area (Å²) in [5.74, 6) is -4.06. The predicted octanol–water partition coefficient (Wildman–Crippen LogP) is -0.0647. The number of hydrogen-bond donors (Lipinski definition) is 3. The highest BCUT2D eigenvalue weighted by Gasteiger charge is 2.61. The van der Waals surface area contributed by atoms with Gasteiger partial charge in [0.25, 0.3) is 0 Å². The molecule has 1 saturated heterocycles. The maximum absolute atomic E-state index is 11.3. The summed E-state index contributed by atoms with van der Waals surface area (Å²) in [5.41, 5.74) is -2.12. The first-order valence-electron chi connectivity index (χ1n) is 6.77. The number of aliphatic carboxylic acids is 1. The monoisotopic (exact) mass is 319 g/mol. The third kappa shape index (κ3) is 2.38. The van der Waals surface area contributed by atoms with Gasteiger partial charge in [-0.15, -0.1) is 0 Å². The fraction of sp³-hybridized carbons (Fsp3) is 0.846. The van der Waals surface area contributed by atoms with Crippen molar-refractivity contribution in [3.63, 3.8) is 0 Å². The van der Waals surface area contributed by atoms with Crippen LogP contribution in [-0.2, 0) is 23.7 Å². The molecule has 9 nitrogen and oxygen atoms in total. The van der Waals surface area contributed by atoms with Gasteiger partial charge in [-0.2, -0.15) is 0 Å². The quantitative estimate of drug-likeness (QED) is 0.487. The highest BCUT2D eigenvalue weighted by Crippen LogP contribution is 2.44. The largest absolute Gasteiger partial charge is 0.479 e. The molecule has 0 aromatic rings. The van der Waals surface area contributed by atoms with E-state index in [9.17, 15) is 15.0 Å². The van der Waals surface area contributed by atoms with E-state index in [-0.39, 0.29) is 18.6 Å². The van der Waals surface area contributed by atoms with Gasteiger partial charge in [0.15, 0.2) is 5.60 Å². The molecule has 1 saturated carbocycles. The van der Waals surface area contributed by atoms with Crippen LogP contribution in [0.1, 0.15) is 26.7 Å². The summed E-state index contributed by atoms with van der Waals surface area (Å²) in [7, 11) is 2.81. The predicted molar refractivity (Wildman–Crippen MR) is 71.6 cm³/mol. The van der Waals surface area contributed by atoms with Crippen molar-refractivity contribution in [3.8, 4) is 0 Å². The lowest BCUT2D eigenvalue weighted by Crippen LogP contribution is -2.69. The van der Waals surface area contributed by atoms with Gasteiger partial charge in [-0.25, -0.2) is 4.79 Å². The Morgan fingerprint density at radius 3 is 2.27 bits per heavy atom. The molecule has 1 aliphatic heterocycles. The summed E-state index contributed by atoms with van der Waals surface area (Å²) in [6, 6.07) is 0. The summed E-state index contributed by atoms with van der Waals surface area (Å²) in [5, 5.41) is 31.6. The lowest BCUT2D eigenvalue weighted by molar-refractivity contribution is -0.443. The van der Waals surface area contributed by atoms with Crippen LogP contribution in [-0.4, -0.2) is 70.7 Å². The second-order valence-electron chi connectivity index (χ2n) is 5.80. The highest BCUT2D eigenvalue weighted by atomic mass is 16.8. The number of oxime groups is 1. The van der Waals surface area contributed by atoms with Crippen LogP contribution in [0.2, 0.25) is 0 Å². The van der Waals surface area contributed by atoms with Crippen molar-refractivity contribution in [3.05, 3.63) is 0 Å². The molecule has 1 heterocycles. The maximum Gasteiger partial charge on any atom is 0.336 e. The van der Waals surface area contributed by atoms with Crippen molar-refractivity contribution < 1.29 is 39.2 Å². The first-order valence-corrected chi connectivity index (χ1v) is 6.77. The molecule has 1 aliphatic carbocycles. The fourth-order valence-corrected chi connectivity index (χ4v) is 2.84. The van der Waals surface area contributed by atoms with E-state index in [2.05, 4.69) is 5.16 Å². The summed E-state index contributed by atoms with van der Waals surface area (Å²) in [6.45, 7) is 3.18. The number of carboxylic acids is 1. The van der Waals surface area contributed by atoms with Crippen LogP contribution in [0.4, 0.5) is 0 Å². The number of fused-ring (bicyclic) bond motifs is 1. The molecule has 3 N–H and O–H groups in total. The zero-order valence-electron chi connectivity index (χ0n) is 12.9. The Balaban J connectivity index is 2.39. The van der Waals surface area contributed by atoms with E-state index in [0.29, 0.717) is 0 Å². The molecule has 2 rings (SSSR count). The van der Waals surface area contributed by atoms with Gasteiger partial charge in [0.1, 0.15) is 6.10 Å². The average molecular weight is 319 g/mol. The number of aliphatic hydroxyl groups is 1. The molecule has 2 aliphatic rings. The van der Waals surface area contributed by atoms with Gasteiger partial charge >= 0.3 is 5.97 Å². The normalized spacial score (nSPS) is 47.2. The second kappa shape index (κ2) is 5.43. The Morgan fingerprint density at radius 1 is 1.27 bits per heavy atom. The van der Waals surface area contributed by atoms with E-state index < -0.39 is 35.4 Å². The zero-order chi connectivity index (χ0) is 16.8. The molecular weight excluding hydrogens is 298 g/mol. The van der Waals surface area contributed by atoms with Crippen LogP contribution < -0.4 is 0 Å². The van der Waals surface area contributed by atoms with Gasteiger partial charge in [0.05, 0.1) is 11.8 Å². The lowest BCUT2D eigenvalue weighted by Gasteiger charge is -2.54. The van der Waals surface area contributed by atoms with Crippen molar-refractivity contribution in [1.82, 2.24) is 0 Å². The van der Waals surface area contributed by atoms with Gasteiger partial charge in [-0.3, -0.25) is 0 Å². The second-order valence-corrected chi connectivity index (χ2v) is 5.80. The third-order valence-corrected chi connectivity index (χ3v) is 4.54. The average Bonchev–Trinajstić information content (AvgIpc) is 2.48. The maximum atomic E-state index is 11.3. The Bertz CT molecular complexity index is 496. The molecule has 0 aromatic carbocycles. The van der Waals surface area contributed by atoms with E-state index in [4.69, 9.17) is 24.2 Å². The first kappa shape index (κ1) is 17.1. The van der Waals surface area contributed by atoms with Crippen molar-refractivity contribution in [2.75, 3.05) is 14.2 Å². The van der Waals surface area contributed by atoms with Crippen molar-refractivity contribution in [2.24, 2.45) is 5.16 Å². The minimum Gasteiger partial charge on any atom is -0.479 e. The number of carboxylic acid groups (broad SMARTS) is 1. The zero-order valence-corrected chi connectivity index (χ0v) is 12.9. The minimum atomic E-state index is -2.10. The van der Waals surface area contributed by atoms with Crippen molar-refractivity contribution in [1.29, 1.82) is 0 Å². The molecule has 0 radical (unpaired) electrons. The molecule has 9 heteroatoms. The number of ether oxygens (including phenoxy) is 4. The van der Waals surface area contributed by atoms with Crippen LogP contribution in [0.5, 0.6) is 0 Å². The van der Waals surface area contributed by atoms with Gasteiger partial charge < -0.3 is 34.4 Å². The van der Waals surface area contributed by atoms with Crippen LogP contribution in [0.3, 0.4) is 0 Å². The smallest absolute Gasteiger partial charge is 0.336 e. The summed E-state index contributed by atoms with van der Waals surface area (Å²) in [4.78, 5) is 11.3. The van der Waals surface area contributed by atoms with E-state index >= 15 is 0 Å². The van der Waals surface area contributed by atoms with Crippen molar-refractivity contribution in [2.45, 2.75) is 56.1 Å². The standard InChI is InChI=1S/C13H21NO8/c1-11(19-3)12(2,20-4)22-9-7(14-18)5-13(17,10(15)16)6-8(9)21-11/h8-9,17-18H,5-6H2,1-4H3,(H,15,16)/b14-7+/t8-,9-,11+,12+,13+/m1/s1. The van der Waals surface area contributed by atoms with Gasteiger partial charge in [0.2, 0.25) is 11.6 Å². The molecule has 5 atom stereocenters. The number of hydrogen-bond acceptors (Lipinski definition) is 8. The molecule has 2 fully saturated rings. The van der Waals surface area contributed by atoms with E-state index in [1.807, 2.05) is 0 Å². The van der Waals surface area contributed by atoms with Crippen LogP contribution in [0.15, 0.2) is 5.16 Å². The van der Waals surface area contributed by atoms with E-state index in [1.54, 1.807) is 13.8 Å². The molecule has 0 bridgehead atoms. The molecular formula is C13H21NO8. The molecule has 0 aromatic heterocycles. The number of methoxy groups -OCH3 is 2. The Morgan fingerprint density at radius 2 is 1.82 bits per heavy atom. The molecule has 126 valence electrons. The van der Waals surface area contributed by atoms with E-state index in [1.165, 1.54) is 14.2 Å². The number of nitrogens with zero attached hydrogens (tertiary/aromatic N) is 1. The number of rotatable bonds is 3. The third-order valence-electron chi connectivity index (χ3n) is 4.54. The highest BCUT2D eigenvalue weighted by molar-refractivity contribution is 5.96. The number of carbonyl (C=O) groups is 1. The molecule has 0 amide bonds. The topological polar surface area (TPSA) is 127 Å². The lowest BCUT2D eigenvalue weighted by atomic mass is 9.79. The van der Waals surface area contributed by atoms with Gasteiger partial charge in [-0.05, 0) is 13.8 Å². The van der Waals surface area contributed by atoms with Crippen LogP contribution in [0, 0.1) is 0 Å². The Kier molecular flexibility index (Phi) is 4.22. The van der Waals surface area contributed by atoms with Crippen LogP contribution >= 0.6 is 0 Å². The molecule has 0 spiro atoms. The summed E-state index contributed by atoms with van der Waals surface area (Å²) >= 11 is 0.